The van der Waals surface area contributed by atoms with E-state index in [4.69, 9.17) is 9.47 Å². The van der Waals surface area contributed by atoms with Gasteiger partial charge in [0.1, 0.15) is 6.54 Å². The van der Waals surface area contributed by atoms with Gasteiger partial charge in [-0.1, -0.05) is 6.07 Å². The molecule has 0 spiro atoms. The summed E-state index contributed by atoms with van der Waals surface area (Å²) >= 11 is 0. The first kappa shape index (κ1) is 21.7. The number of carbonyl (C=O) groups excluding carboxylic acids is 1. The van der Waals surface area contributed by atoms with Gasteiger partial charge in [-0.2, -0.15) is 0 Å². The molecule has 1 unspecified atom stereocenters. The number of ether oxygens (including phenoxy) is 2. The number of hydrogen-bond acceptors (Lipinski definition) is 5. The van der Waals surface area contributed by atoms with Crippen LogP contribution in [0.5, 0.6) is 11.5 Å². The van der Waals surface area contributed by atoms with Crippen LogP contribution in [0.1, 0.15) is 11.1 Å². The number of benzene rings is 2. The summed E-state index contributed by atoms with van der Waals surface area (Å²) in [5, 5.41) is 2.76. The minimum atomic E-state index is -3.32. The van der Waals surface area contributed by atoms with E-state index in [1.54, 1.807) is 26.4 Å². The first-order valence-electron chi connectivity index (χ1n) is 8.76. The summed E-state index contributed by atoms with van der Waals surface area (Å²) in [6.07, 6.45) is 1.14. The standard InChI is InChI=1S/C20H26N2O5S/c1-14-9-18(26-3)19(27-4)10-15(14)12-22(2)13-20(23)21-16-7-6-8-17(11-16)28(5,24)25/h6-11H,12-13H2,1-5H3,(H,21,23)/p+1. The molecular formula is C20H27N2O5S+. The zero-order chi connectivity index (χ0) is 20.9. The van der Waals surface area contributed by atoms with Gasteiger partial charge in [-0.15, -0.1) is 0 Å². The van der Waals surface area contributed by atoms with Crippen molar-refractivity contribution in [1.29, 1.82) is 0 Å². The van der Waals surface area contributed by atoms with E-state index in [1.807, 2.05) is 26.1 Å². The summed E-state index contributed by atoms with van der Waals surface area (Å²) in [5.41, 5.74) is 2.57. The minimum Gasteiger partial charge on any atom is -0.493 e. The second-order valence-electron chi connectivity index (χ2n) is 6.79. The average molecular weight is 408 g/mol. The predicted octanol–water partition coefficient (Wildman–Crippen LogP) is 1.07. The zero-order valence-corrected chi connectivity index (χ0v) is 17.6. The predicted molar refractivity (Wildman–Crippen MR) is 108 cm³/mol. The second kappa shape index (κ2) is 9.07. The lowest BCUT2D eigenvalue weighted by molar-refractivity contribution is -0.885. The lowest BCUT2D eigenvalue weighted by Gasteiger charge is -2.17. The topological polar surface area (TPSA) is 86.1 Å². The van der Waals surface area contributed by atoms with Gasteiger partial charge in [0.05, 0.1) is 26.2 Å². The molecule has 0 saturated heterocycles. The molecule has 7 nitrogen and oxygen atoms in total. The summed E-state index contributed by atoms with van der Waals surface area (Å²) in [6.45, 7) is 2.85. The van der Waals surface area contributed by atoms with Crippen LogP contribution in [0.3, 0.4) is 0 Å². The van der Waals surface area contributed by atoms with E-state index in [9.17, 15) is 13.2 Å². The third kappa shape index (κ3) is 5.71. The van der Waals surface area contributed by atoms with Gasteiger partial charge in [0, 0.05) is 17.5 Å². The molecule has 2 aromatic carbocycles. The maximum Gasteiger partial charge on any atom is 0.279 e. The summed E-state index contributed by atoms with van der Waals surface area (Å²) in [6, 6.07) is 10.1. The summed E-state index contributed by atoms with van der Waals surface area (Å²) < 4.78 is 33.9. The van der Waals surface area contributed by atoms with Gasteiger partial charge in [-0.25, -0.2) is 8.42 Å². The molecule has 2 aromatic rings. The number of rotatable bonds is 8. The van der Waals surface area contributed by atoms with Crippen molar-refractivity contribution in [1.82, 2.24) is 0 Å². The summed E-state index contributed by atoms with van der Waals surface area (Å²) in [7, 11) is 1.78. The van der Waals surface area contributed by atoms with Crippen molar-refractivity contribution < 1.29 is 27.6 Å². The molecule has 0 fully saturated rings. The fourth-order valence-electron chi connectivity index (χ4n) is 2.88. The molecule has 2 rings (SSSR count). The fraction of sp³-hybridized carbons (Fsp3) is 0.350. The van der Waals surface area contributed by atoms with Crippen molar-refractivity contribution in [2.45, 2.75) is 18.4 Å². The molecule has 1 atom stereocenters. The Labute approximate surface area is 166 Å². The third-order valence-corrected chi connectivity index (χ3v) is 5.45. The molecule has 0 heterocycles. The van der Waals surface area contributed by atoms with Crippen molar-refractivity contribution in [3.63, 3.8) is 0 Å². The number of nitrogens with one attached hydrogen (secondary N) is 2. The molecule has 0 aliphatic rings. The van der Waals surface area contributed by atoms with Gasteiger partial charge >= 0.3 is 0 Å². The Morgan fingerprint density at radius 3 is 2.36 bits per heavy atom. The second-order valence-corrected chi connectivity index (χ2v) is 8.81. The molecule has 0 saturated carbocycles. The number of amides is 1. The average Bonchev–Trinajstić information content (AvgIpc) is 2.62. The van der Waals surface area contributed by atoms with E-state index in [2.05, 4.69) is 5.32 Å². The van der Waals surface area contributed by atoms with Crippen LogP contribution in [-0.2, 0) is 21.2 Å². The van der Waals surface area contributed by atoms with E-state index < -0.39 is 9.84 Å². The first-order valence-corrected chi connectivity index (χ1v) is 10.7. The maximum absolute atomic E-state index is 12.4. The normalized spacial score (nSPS) is 12.3. The fourth-order valence-corrected chi connectivity index (χ4v) is 3.55. The minimum absolute atomic E-state index is 0.173. The van der Waals surface area contributed by atoms with Gasteiger partial charge in [-0.3, -0.25) is 4.79 Å². The Balaban J connectivity index is 2.04. The van der Waals surface area contributed by atoms with Crippen molar-refractivity contribution in [3.8, 4) is 11.5 Å². The molecule has 0 aliphatic heterocycles. The number of methoxy groups -OCH3 is 2. The third-order valence-electron chi connectivity index (χ3n) is 4.34. The molecule has 0 bridgehead atoms. The molecule has 8 heteroatoms. The van der Waals surface area contributed by atoms with Crippen molar-refractivity contribution in [2.24, 2.45) is 0 Å². The van der Waals surface area contributed by atoms with Crippen LogP contribution in [0.4, 0.5) is 5.69 Å². The van der Waals surface area contributed by atoms with E-state index >= 15 is 0 Å². The van der Waals surface area contributed by atoms with Crippen LogP contribution >= 0.6 is 0 Å². The van der Waals surface area contributed by atoms with Gasteiger partial charge in [0.25, 0.3) is 5.91 Å². The number of sulfone groups is 1. The van der Waals surface area contributed by atoms with Gasteiger partial charge in [0.15, 0.2) is 27.9 Å². The number of quaternary nitrogens is 1. The highest BCUT2D eigenvalue weighted by Gasteiger charge is 2.16. The van der Waals surface area contributed by atoms with E-state index in [0.717, 1.165) is 22.3 Å². The van der Waals surface area contributed by atoms with Crippen LogP contribution in [0.15, 0.2) is 41.3 Å². The molecular weight excluding hydrogens is 380 g/mol. The largest absolute Gasteiger partial charge is 0.493 e. The Bertz CT molecular complexity index is 957. The lowest BCUT2D eigenvalue weighted by Crippen LogP contribution is -3.08. The van der Waals surface area contributed by atoms with E-state index in [0.29, 0.717) is 23.7 Å². The molecule has 2 N–H and O–H groups in total. The number of anilines is 1. The Morgan fingerprint density at radius 1 is 1.11 bits per heavy atom. The van der Waals surface area contributed by atoms with Gasteiger partial charge in [-0.05, 0) is 42.8 Å². The van der Waals surface area contributed by atoms with Crippen LogP contribution in [0, 0.1) is 6.92 Å². The molecule has 0 aromatic heterocycles. The van der Waals surface area contributed by atoms with Crippen LogP contribution in [0.25, 0.3) is 0 Å². The van der Waals surface area contributed by atoms with Crippen molar-refractivity contribution in [3.05, 3.63) is 47.5 Å². The first-order chi connectivity index (χ1) is 13.1. The summed E-state index contributed by atoms with van der Waals surface area (Å²) in [4.78, 5) is 13.5. The highest BCUT2D eigenvalue weighted by atomic mass is 32.2. The molecule has 0 radical (unpaired) electrons. The summed E-state index contributed by atoms with van der Waals surface area (Å²) in [5.74, 6) is 1.13. The van der Waals surface area contributed by atoms with Crippen LogP contribution in [-0.4, -0.2) is 48.4 Å². The molecule has 28 heavy (non-hydrogen) atoms. The van der Waals surface area contributed by atoms with Gasteiger partial charge < -0.3 is 19.7 Å². The number of likely N-dealkylation sites (N-methyl/N-ethyl adjacent to an activating group) is 1. The highest BCUT2D eigenvalue weighted by Crippen LogP contribution is 2.29. The van der Waals surface area contributed by atoms with Crippen LogP contribution < -0.4 is 19.7 Å². The Morgan fingerprint density at radius 2 is 1.75 bits per heavy atom. The number of aryl methyl sites for hydroxylation is 1. The maximum atomic E-state index is 12.4. The number of hydrogen-bond donors (Lipinski definition) is 2. The monoisotopic (exact) mass is 407 g/mol. The van der Waals surface area contributed by atoms with Crippen molar-refractivity contribution >= 4 is 21.4 Å². The molecule has 152 valence electrons. The SMILES string of the molecule is COc1cc(C)c(C[NH+](C)CC(=O)Nc2cccc(S(C)(=O)=O)c2)cc1OC. The molecule has 0 aliphatic carbocycles. The quantitative estimate of drug-likeness (QED) is 0.684. The Hall–Kier alpha value is -2.58. The highest BCUT2D eigenvalue weighted by molar-refractivity contribution is 7.90. The van der Waals surface area contributed by atoms with E-state index in [-0.39, 0.29) is 17.3 Å². The zero-order valence-electron chi connectivity index (χ0n) is 16.8. The smallest absolute Gasteiger partial charge is 0.279 e. The lowest BCUT2D eigenvalue weighted by atomic mass is 10.1. The Kier molecular flexibility index (Phi) is 7.04. The molecule has 1 amide bonds. The van der Waals surface area contributed by atoms with Gasteiger partial charge in [0.2, 0.25) is 0 Å². The van der Waals surface area contributed by atoms with Crippen LogP contribution in [0.2, 0.25) is 0 Å². The van der Waals surface area contributed by atoms with Crippen molar-refractivity contribution in [2.75, 3.05) is 39.4 Å². The number of carbonyl (C=O) groups is 1. The van der Waals surface area contributed by atoms with E-state index in [1.165, 1.54) is 12.1 Å².